The van der Waals surface area contributed by atoms with Crippen molar-refractivity contribution < 1.29 is 0 Å². The first kappa shape index (κ1) is 15.8. The molecule has 0 bridgehead atoms. The average molecular weight is 301 g/mol. The van der Waals surface area contributed by atoms with E-state index in [4.69, 9.17) is 0 Å². The first-order valence-corrected chi connectivity index (χ1v) is 8.65. The molecular weight excluding hydrogens is 270 g/mol. The fourth-order valence-corrected chi connectivity index (χ4v) is 4.96. The topological polar surface area (TPSA) is 28.2 Å². The van der Waals surface area contributed by atoms with Crippen LogP contribution >= 0.6 is 0 Å². The highest BCUT2D eigenvalue weighted by molar-refractivity contribution is 5.59. The second-order valence-electron chi connectivity index (χ2n) is 9.02. The quantitative estimate of drug-likeness (QED) is 0.829. The Labute approximate surface area is 135 Å². The Morgan fingerprint density at radius 1 is 1.18 bits per heavy atom. The molecule has 0 saturated carbocycles. The second kappa shape index (κ2) is 4.95. The number of aromatic nitrogens is 1. The number of hydrogen-bond donors (Lipinski definition) is 1. The number of fused-ring (bicyclic) bond motifs is 3. The molecule has 1 fully saturated rings. The number of anilines is 1. The first-order valence-electron chi connectivity index (χ1n) is 8.65. The van der Waals surface area contributed by atoms with Gasteiger partial charge in [0.1, 0.15) is 0 Å². The summed E-state index contributed by atoms with van der Waals surface area (Å²) in [6.45, 7) is 16.6. The maximum atomic E-state index is 4.41. The number of likely N-dealkylation sites (tertiary alicyclic amines) is 1. The largest absolute Gasteiger partial charge is 0.369 e. The van der Waals surface area contributed by atoms with Gasteiger partial charge in [0.15, 0.2) is 0 Å². The lowest BCUT2D eigenvalue weighted by atomic mass is 9.69. The van der Waals surface area contributed by atoms with E-state index in [-0.39, 0.29) is 11.0 Å². The van der Waals surface area contributed by atoms with Crippen molar-refractivity contribution >= 4 is 5.69 Å². The summed E-state index contributed by atoms with van der Waals surface area (Å²) in [6.07, 6.45) is 5.58. The minimum atomic E-state index is 0.159. The molecule has 0 aromatic carbocycles. The Balaban J connectivity index is 2.13. The first-order chi connectivity index (χ1) is 10.2. The summed E-state index contributed by atoms with van der Waals surface area (Å²) < 4.78 is 0. The van der Waals surface area contributed by atoms with Crippen molar-refractivity contribution in [1.29, 1.82) is 0 Å². The van der Waals surface area contributed by atoms with E-state index < -0.39 is 0 Å². The van der Waals surface area contributed by atoms with Gasteiger partial charge in [0, 0.05) is 41.1 Å². The highest BCUT2D eigenvalue weighted by atomic mass is 15.4. The van der Waals surface area contributed by atoms with Crippen molar-refractivity contribution in [1.82, 2.24) is 9.88 Å². The van der Waals surface area contributed by atoms with Crippen LogP contribution in [0, 0.1) is 11.3 Å². The lowest BCUT2D eigenvalue weighted by Gasteiger charge is -2.43. The molecule has 1 saturated heterocycles. The molecule has 3 heteroatoms. The molecule has 0 aliphatic carbocycles. The van der Waals surface area contributed by atoms with Gasteiger partial charge < -0.3 is 5.32 Å². The van der Waals surface area contributed by atoms with Gasteiger partial charge in [-0.05, 0) is 44.6 Å². The van der Waals surface area contributed by atoms with E-state index in [1.807, 2.05) is 6.20 Å². The number of pyridine rings is 1. The molecule has 3 heterocycles. The van der Waals surface area contributed by atoms with Crippen molar-refractivity contribution in [3.63, 3.8) is 0 Å². The van der Waals surface area contributed by atoms with Gasteiger partial charge in [0.2, 0.25) is 0 Å². The van der Waals surface area contributed by atoms with Crippen molar-refractivity contribution in [3.05, 3.63) is 24.0 Å². The zero-order chi connectivity index (χ0) is 16.3. The van der Waals surface area contributed by atoms with Crippen molar-refractivity contribution in [2.45, 2.75) is 78.6 Å². The van der Waals surface area contributed by atoms with Gasteiger partial charge in [0.25, 0.3) is 0 Å². The summed E-state index contributed by atoms with van der Waals surface area (Å²) in [5.74, 6) is 1.17. The molecule has 2 aliphatic heterocycles. The van der Waals surface area contributed by atoms with Gasteiger partial charge in [-0.2, -0.15) is 0 Å². The monoisotopic (exact) mass is 301 g/mol. The van der Waals surface area contributed by atoms with E-state index in [2.05, 4.69) is 75.9 Å². The molecule has 3 nitrogen and oxygen atoms in total. The number of hydrogen-bond acceptors (Lipinski definition) is 3. The van der Waals surface area contributed by atoms with E-state index >= 15 is 0 Å². The third kappa shape index (κ3) is 2.25. The summed E-state index contributed by atoms with van der Waals surface area (Å²) in [5, 5.41) is 3.81. The van der Waals surface area contributed by atoms with E-state index in [0.717, 1.165) is 0 Å². The standard InChI is InChI=1S/C19H31N3/c1-8-14-16(18(2,3)4)15-12-11-20-10-9-13(12)21-17(15)22(14)19(5,6)7/h9-11,14-17,21H,8H2,1-7H3. The Morgan fingerprint density at radius 3 is 2.41 bits per heavy atom. The Hall–Kier alpha value is -1.09. The van der Waals surface area contributed by atoms with E-state index in [1.54, 1.807) is 0 Å². The molecule has 0 amide bonds. The molecule has 2 aliphatic rings. The molecule has 3 rings (SSSR count). The van der Waals surface area contributed by atoms with Gasteiger partial charge in [-0.1, -0.05) is 27.7 Å². The Bertz CT molecular complexity index is 553. The van der Waals surface area contributed by atoms with Crippen LogP contribution in [0.5, 0.6) is 0 Å². The van der Waals surface area contributed by atoms with Gasteiger partial charge in [-0.3, -0.25) is 9.88 Å². The maximum Gasteiger partial charge on any atom is 0.0874 e. The Kier molecular flexibility index (Phi) is 3.56. The van der Waals surface area contributed by atoms with Gasteiger partial charge in [0.05, 0.1) is 6.17 Å². The van der Waals surface area contributed by atoms with E-state index in [0.29, 0.717) is 24.0 Å². The lowest BCUT2D eigenvalue weighted by Crippen LogP contribution is -2.52. The predicted octanol–water partition coefficient (Wildman–Crippen LogP) is 4.47. The fourth-order valence-electron chi connectivity index (χ4n) is 4.96. The predicted molar refractivity (Wildman–Crippen MR) is 93.0 cm³/mol. The SMILES string of the molecule is CCC1C(C(C)(C)C)C2c3cnccc3NC2N1C(C)(C)C. The molecule has 122 valence electrons. The lowest BCUT2D eigenvalue weighted by molar-refractivity contribution is 0.0578. The zero-order valence-corrected chi connectivity index (χ0v) is 15.1. The van der Waals surface area contributed by atoms with Crippen LogP contribution < -0.4 is 5.32 Å². The van der Waals surface area contributed by atoms with Gasteiger partial charge >= 0.3 is 0 Å². The number of rotatable bonds is 1. The summed E-state index contributed by atoms with van der Waals surface area (Å²) in [6, 6.07) is 2.74. The molecule has 1 N–H and O–H groups in total. The summed E-state index contributed by atoms with van der Waals surface area (Å²) in [4.78, 5) is 7.14. The van der Waals surface area contributed by atoms with Crippen LogP contribution in [0.15, 0.2) is 18.5 Å². The van der Waals surface area contributed by atoms with Crippen molar-refractivity contribution in [3.8, 4) is 0 Å². The number of nitrogens with zero attached hydrogens (tertiary/aromatic N) is 2. The summed E-state index contributed by atoms with van der Waals surface area (Å²) in [5.41, 5.74) is 3.13. The summed E-state index contributed by atoms with van der Waals surface area (Å²) >= 11 is 0. The van der Waals surface area contributed by atoms with E-state index in [1.165, 1.54) is 17.7 Å². The van der Waals surface area contributed by atoms with E-state index in [9.17, 15) is 0 Å². The fraction of sp³-hybridized carbons (Fsp3) is 0.737. The minimum absolute atomic E-state index is 0.159. The molecule has 4 atom stereocenters. The van der Waals surface area contributed by atoms with Crippen LogP contribution in [-0.4, -0.2) is 27.6 Å². The second-order valence-corrected chi connectivity index (χ2v) is 9.02. The van der Waals surface area contributed by atoms with Crippen LogP contribution in [0.4, 0.5) is 5.69 Å². The van der Waals surface area contributed by atoms with Crippen LogP contribution in [-0.2, 0) is 0 Å². The minimum Gasteiger partial charge on any atom is -0.369 e. The molecule has 4 unspecified atom stereocenters. The van der Waals surface area contributed by atoms with Crippen molar-refractivity contribution in [2.75, 3.05) is 5.32 Å². The molecule has 0 radical (unpaired) electrons. The van der Waals surface area contributed by atoms with Crippen LogP contribution in [0.25, 0.3) is 0 Å². The number of nitrogens with one attached hydrogen (secondary N) is 1. The highest BCUT2D eigenvalue weighted by Gasteiger charge is 2.58. The zero-order valence-electron chi connectivity index (χ0n) is 15.1. The van der Waals surface area contributed by atoms with Crippen LogP contribution in [0.3, 0.4) is 0 Å². The third-order valence-electron chi connectivity index (χ3n) is 5.51. The van der Waals surface area contributed by atoms with Gasteiger partial charge in [-0.25, -0.2) is 0 Å². The molecule has 1 aromatic heterocycles. The van der Waals surface area contributed by atoms with Gasteiger partial charge in [-0.15, -0.1) is 0 Å². The summed E-state index contributed by atoms with van der Waals surface area (Å²) in [7, 11) is 0. The van der Waals surface area contributed by atoms with Crippen LogP contribution in [0.1, 0.15) is 66.4 Å². The average Bonchev–Trinajstić information content (AvgIpc) is 2.89. The molecule has 22 heavy (non-hydrogen) atoms. The smallest absolute Gasteiger partial charge is 0.0874 e. The van der Waals surface area contributed by atoms with Crippen molar-refractivity contribution in [2.24, 2.45) is 11.3 Å². The maximum absolute atomic E-state index is 4.41. The normalized spacial score (nSPS) is 31.8. The molecular formula is C19H31N3. The Morgan fingerprint density at radius 2 is 1.86 bits per heavy atom. The molecule has 1 aromatic rings. The van der Waals surface area contributed by atoms with Crippen LogP contribution in [0.2, 0.25) is 0 Å². The molecule has 0 spiro atoms. The third-order valence-corrected chi connectivity index (χ3v) is 5.51. The highest BCUT2D eigenvalue weighted by Crippen LogP contribution is 2.57.